The van der Waals surface area contributed by atoms with Gasteiger partial charge in [-0.05, 0) is 36.4 Å². The van der Waals surface area contributed by atoms with E-state index in [9.17, 15) is 22.8 Å². The number of nitrogens with one attached hydrogen (secondary N) is 1. The second kappa shape index (κ2) is 9.20. The van der Waals surface area contributed by atoms with E-state index in [4.69, 9.17) is 4.74 Å². The van der Waals surface area contributed by atoms with Crippen LogP contribution in [0.25, 0.3) is 0 Å². The average Bonchev–Trinajstić information content (AvgIpc) is 2.83. The number of halogens is 4. The van der Waals surface area contributed by atoms with E-state index in [1.165, 1.54) is 25.4 Å². The van der Waals surface area contributed by atoms with Crippen LogP contribution in [-0.4, -0.2) is 41.9 Å². The molecule has 0 radical (unpaired) electrons. The lowest BCUT2D eigenvalue weighted by molar-refractivity contribution is -0.274. The van der Waals surface area contributed by atoms with Crippen molar-refractivity contribution in [2.24, 2.45) is 0 Å². The molecule has 35 heavy (non-hydrogen) atoms. The van der Waals surface area contributed by atoms with Gasteiger partial charge in [0.2, 0.25) is 0 Å². The van der Waals surface area contributed by atoms with E-state index in [1.807, 2.05) is 0 Å². The quantitative estimate of drug-likeness (QED) is 0.429. The van der Waals surface area contributed by atoms with Gasteiger partial charge in [0.15, 0.2) is 0 Å². The van der Waals surface area contributed by atoms with Crippen molar-refractivity contribution in [2.45, 2.75) is 18.3 Å². The lowest BCUT2D eigenvalue weighted by Gasteiger charge is -2.39. The topological polar surface area (TPSA) is 99.6 Å². The van der Waals surface area contributed by atoms with Crippen molar-refractivity contribution >= 4 is 11.9 Å². The molecule has 1 aromatic carbocycles. The normalized spacial score (nSPS) is 17.1. The number of amides is 1. The zero-order chi connectivity index (χ0) is 25.2. The van der Waals surface area contributed by atoms with Crippen molar-refractivity contribution < 1.29 is 41.4 Å². The maximum atomic E-state index is 15.2. The van der Waals surface area contributed by atoms with E-state index in [0.29, 0.717) is 6.07 Å². The van der Waals surface area contributed by atoms with Crippen LogP contribution in [0.4, 0.5) is 17.6 Å². The number of hydrogen-bond acceptors (Lipinski definition) is 7. The van der Waals surface area contributed by atoms with Crippen molar-refractivity contribution in [2.75, 3.05) is 13.7 Å². The zero-order valence-corrected chi connectivity index (χ0v) is 18.1. The number of benzene rings is 1. The van der Waals surface area contributed by atoms with E-state index in [-0.39, 0.29) is 41.3 Å². The molecule has 1 aliphatic heterocycles. The van der Waals surface area contributed by atoms with Gasteiger partial charge in [0.05, 0.1) is 19.3 Å². The summed E-state index contributed by atoms with van der Waals surface area (Å²) >= 11 is 0. The fraction of sp³-hybridized carbons (Fsp3) is 0.217. The monoisotopic (exact) mass is 491 g/mol. The fourth-order valence-electron chi connectivity index (χ4n) is 3.77. The molecule has 0 spiro atoms. The summed E-state index contributed by atoms with van der Waals surface area (Å²) in [6.07, 6.45) is -2.43. The molecule has 8 nitrogen and oxygen atoms in total. The number of pyridine rings is 2. The van der Waals surface area contributed by atoms with Crippen molar-refractivity contribution in [1.29, 1.82) is 0 Å². The first kappa shape index (κ1) is 23.9. The molecule has 3 heterocycles. The highest BCUT2D eigenvalue weighted by molar-refractivity contribution is 5.95. The van der Waals surface area contributed by atoms with Crippen molar-refractivity contribution in [1.82, 2.24) is 15.3 Å². The summed E-state index contributed by atoms with van der Waals surface area (Å²) in [4.78, 5) is 33.0. The molecule has 0 bridgehead atoms. The number of carbonyl (C=O) groups is 2. The summed E-state index contributed by atoms with van der Waals surface area (Å²) in [6.45, 7) is 0.0495. The summed E-state index contributed by atoms with van der Waals surface area (Å²) in [7, 11) is 1.20. The van der Waals surface area contributed by atoms with Crippen LogP contribution in [0, 0.1) is 5.82 Å². The van der Waals surface area contributed by atoms with Crippen molar-refractivity contribution in [3.8, 4) is 11.5 Å². The molecule has 0 aliphatic carbocycles. The molecule has 0 fully saturated rings. The number of hydrogen-bond donors (Lipinski definition) is 1. The standard InChI is InChI=1S/C23H17F4N3O5/c1-33-21(32)13-4-7-17(29-12-13)20(31)30-22(8-10-34-18-3-2-9-28-19(18)22)15-6-5-14(11-16(15)24)35-23(25,26)27/h2-7,9,11-12H,8,10H2,1H3,(H,30,31). The first-order valence-corrected chi connectivity index (χ1v) is 10.1. The van der Waals surface area contributed by atoms with Gasteiger partial charge in [-0.25, -0.2) is 9.18 Å². The highest BCUT2D eigenvalue weighted by Crippen LogP contribution is 2.42. The van der Waals surface area contributed by atoms with Gasteiger partial charge in [-0.2, -0.15) is 0 Å². The van der Waals surface area contributed by atoms with Crippen molar-refractivity contribution in [3.05, 3.63) is 83.2 Å². The van der Waals surface area contributed by atoms with Gasteiger partial charge >= 0.3 is 12.3 Å². The van der Waals surface area contributed by atoms with Gasteiger partial charge < -0.3 is 19.5 Å². The number of esters is 1. The van der Waals surface area contributed by atoms with Crippen molar-refractivity contribution in [3.63, 3.8) is 0 Å². The number of carbonyl (C=O) groups excluding carboxylic acids is 2. The predicted octanol–water partition coefficient (Wildman–Crippen LogP) is 3.76. The van der Waals surface area contributed by atoms with Crippen LogP contribution in [0.2, 0.25) is 0 Å². The number of aromatic nitrogens is 2. The van der Waals surface area contributed by atoms with Gasteiger partial charge in [0.1, 0.15) is 34.2 Å². The Morgan fingerprint density at radius 1 is 1.14 bits per heavy atom. The molecule has 1 unspecified atom stereocenters. The van der Waals surface area contributed by atoms with Crippen LogP contribution in [0.5, 0.6) is 11.5 Å². The first-order chi connectivity index (χ1) is 16.6. The Bertz CT molecular complexity index is 1270. The third-order valence-corrected chi connectivity index (χ3v) is 5.29. The second-order valence-electron chi connectivity index (χ2n) is 7.42. The summed E-state index contributed by atoms with van der Waals surface area (Å²) in [5.41, 5.74) is -1.57. The van der Waals surface area contributed by atoms with E-state index in [1.54, 1.807) is 12.1 Å². The number of alkyl halides is 3. The summed E-state index contributed by atoms with van der Waals surface area (Å²) in [5.74, 6) is -2.93. The first-order valence-electron chi connectivity index (χ1n) is 10.1. The minimum Gasteiger partial charge on any atom is -0.491 e. The highest BCUT2D eigenvalue weighted by Gasteiger charge is 2.45. The Balaban J connectivity index is 1.76. The molecule has 0 saturated carbocycles. The van der Waals surface area contributed by atoms with Gasteiger partial charge in [-0.3, -0.25) is 14.8 Å². The summed E-state index contributed by atoms with van der Waals surface area (Å²) in [5, 5.41) is 2.73. The number of rotatable bonds is 5. The molecule has 2 aromatic heterocycles. The molecule has 4 rings (SSSR count). The Morgan fingerprint density at radius 2 is 1.94 bits per heavy atom. The van der Waals surface area contributed by atoms with Crippen LogP contribution in [0.1, 0.15) is 38.5 Å². The van der Waals surface area contributed by atoms with Crippen LogP contribution in [0.3, 0.4) is 0 Å². The lowest BCUT2D eigenvalue weighted by atomic mass is 9.80. The second-order valence-corrected chi connectivity index (χ2v) is 7.42. The fourth-order valence-corrected chi connectivity index (χ4v) is 3.77. The van der Waals surface area contributed by atoms with Crippen LogP contribution in [-0.2, 0) is 10.3 Å². The minimum atomic E-state index is -5.01. The van der Waals surface area contributed by atoms with E-state index < -0.39 is 35.3 Å². The molecular weight excluding hydrogens is 474 g/mol. The molecule has 1 amide bonds. The van der Waals surface area contributed by atoms with E-state index in [2.05, 4.69) is 24.8 Å². The lowest BCUT2D eigenvalue weighted by Crippen LogP contribution is -2.51. The number of fused-ring (bicyclic) bond motifs is 1. The van der Waals surface area contributed by atoms with Gasteiger partial charge in [-0.15, -0.1) is 13.2 Å². The Morgan fingerprint density at radius 3 is 2.60 bits per heavy atom. The largest absolute Gasteiger partial charge is 0.573 e. The average molecular weight is 491 g/mol. The molecule has 182 valence electrons. The maximum absolute atomic E-state index is 15.2. The third kappa shape index (κ3) is 4.86. The van der Waals surface area contributed by atoms with Crippen LogP contribution >= 0.6 is 0 Å². The number of methoxy groups -OCH3 is 1. The SMILES string of the molecule is COC(=O)c1ccc(C(=O)NC2(c3ccc(OC(F)(F)F)cc3F)CCOc3cccnc32)nc1. The maximum Gasteiger partial charge on any atom is 0.573 e. The Kier molecular flexibility index (Phi) is 6.29. The molecule has 3 aromatic rings. The molecule has 1 atom stereocenters. The Hall–Kier alpha value is -4.22. The predicted molar refractivity (Wildman–Crippen MR) is 111 cm³/mol. The van der Waals surface area contributed by atoms with Crippen LogP contribution in [0.15, 0.2) is 54.9 Å². The van der Waals surface area contributed by atoms with Gasteiger partial charge in [-0.1, -0.05) is 0 Å². The Labute approximate surface area is 195 Å². The molecule has 1 N–H and O–H groups in total. The summed E-state index contributed by atoms with van der Waals surface area (Å²) in [6, 6.07) is 8.39. The smallest absolute Gasteiger partial charge is 0.491 e. The third-order valence-electron chi connectivity index (χ3n) is 5.29. The molecule has 1 aliphatic rings. The number of nitrogens with zero attached hydrogens (tertiary/aromatic N) is 2. The molecule has 12 heteroatoms. The van der Waals surface area contributed by atoms with Gasteiger partial charge in [0, 0.05) is 30.4 Å². The van der Waals surface area contributed by atoms with E-state index >= 15 is 4.39 Å². The summed E-state index contributed by atoms with van der Waals surface area (Å²) < 4.78 is 67.0. The molecular formula is C23H17F4N3O5. The minimum absolute atomic E-state index is 0.0133. The molecule has 0 saturated heterocycles. The van der Waals surface area contributed by atoms with Crippen LogP contribution < -0.4 is 14.8 Å². The highest BCUT2D eigenvalue weighted by atomic mass is 19.4. The zero-order valence-electron chi connectivity index (χ0n) is 18.1. The van der Waals surface area contributed by atoms with E-state index in [0.717, 1.165) is 18.3 Å². The number of ether oxygens (including phenoxy) is 3. The van der Waals surface area contributed by atoms with Gasteiger partial charge in [0.25, 0.3) is 5.91 Å².